The van der Waals surface area contributed by atoms with E-state index in [-0.39, 0.29) is 5.97 Å². The Kier molecular flexibility index (Phi) is 3.59. The van der Waals surface area contributed by atoms with E-state index >= 15 is 0 Å². The molecular formula is C11H19NO3. The Bertz CT molecular complexity index is 222. The molecule has 1 atom stereocenters. The van der Waals surface area contributed by atoms with E-state index in [1.165, 1.54) is 12.8 Å². The third-order valence-electron chi connectivity index (χ3n) is 3.01. The number of carbonyl (C=O) groups is 1. The second kappa shape index (κ2) is 4.94. The van der Waals surface area contributed by atoms with Crippen LogP contribution in [0, 0.1) is 0 Å². The number of ether oxygens (including phenoxy) is 2. The highest BCUT2D eigenvalue weighted by atomic mass is 16.5. The molecule has 4 heteroatoms. The first-order valence-corrected chi connectivity index (χ1v) is 5.80. The van der Waals surface area contributed by atoms with Crippen molar-refractivity contribution in [3.8, 4) is 0 Å². The van der Waals surface area contributed by atoms with Gasteiger partial charge in [-0.15, -0.1) is 0 Å². The third-order valence-corrected chi connectivity index (χ3v) is 3.01. The topological polar surface area (TPSA) is 38.8 Å². The van der Waals surface area contributed by atoms with Gasteiger partial charge in [-0.05, 0) is 26.2 Å². The average molecular weight is 213 g/mol. The minimum absolute atomic E-state index is 0.101. The highest BCUT2D eigenvalue weighted by molar-refractivity contribution is 5.71. The molecule has 1 unspecified atom stereocenters. The van der Waals surface area contributed by atoms with Crippen molar-refractivity contribution in [2.24, 2.45) is 0 Å². The lowest BCUT2D eigenvalue weighted by molar-refractivity contribution is -0.145. The molecule has 86 valence electrons. The molecule has 1 heterocycles. The number of nitrogens with zero attached hydrogens (tertiary/aromatic N) is 1. The second-order valence-corrected chi connectivity index (χ2v) is 4.23. The molecule has 4 nitrogen and oxygen atoms in total. The molecule has 2 rings (SSSR count). The highest BCUT2D eigenvalue weighted by Gasteiger charge is 2.36. The fourth-order valence-electron chi connectivity index (χ4n) is 2.10. The van der Waals surface area contributed by atoms with E-state index in [4.69, 9.17) is 9.47 Å². The molecular weight excluding hydrogens is 194 g/mol. The molecule has 0 radical (unpaired) electrons. The van der Waals surface area contributed by atoms with Gasteiger partial charge in [0.05, 0.1) is 19.8 Å². The van der Waals surface area contributed by atoms with Gasteiger partial charge < -0.3 is 9.47 Å². The van der Waals surface area contributed by atoms with E-state index < -0.39 is 0 Å². The smallest absolute Gasteiger partial charge is 0.320 e. The lowest BCUT2D eigenvalue weighted by Crippen LogP contribution is -2.41. The van der Waals surface area contributed by atoms with Crippen molar-refractivity contribution in [3.63, 3.8) is 0 Å². The monoisotopic (exact) mass is 213 g/mol. The number of hydrogen-bond acceptors (Lipinski definition) is 4. The van der Waals surface area contributed by atoms with Crippen LogP contribution < -0.4 is 0 Å². The van der Waals surface area contributed by atoms with Gasteiger partial charge in [-0.1, -0.05) is 0 Å². The zero-order chi connectivity index (χ0) is 10.7. The molecule has 1 saturated heterocycles. The predicted molar refractivity (Wildman–Crippen MR) is 55.6 cm³/mol. The van der Waals surface area contributed by atoms with E-state index in [0.29, 0.717) is 25.2 Å². The molecule has 0 spiro atoms. The van der Waals surface area contributed by atoms with Gasteiger partial charge in [-0.2, -0.15) is 0 Å². The summed E-state index contributed by atoms with van der Waals surface area (Å²) in [5, 5.41) is 0. The SMILES string of the molecule is CCOC(=O)CN(C1CC1)C1CCOC1. The fourth-order valence-corrected chi connectivity index (χ4v) is 2.10. The largest absolute Gasteiger partial charge is 0.465 e. The zero-order valence-electron chi connectivity index (χ0n) is 9.28. The van der Waals surface area contributed by atoms with Gasteiger partial charge >= 0.3 is 5.97 Å². The first kappa shape index (κ1) is 10.9. The molecule has 0 aromatic rings. The van der Waals surface area contributed by atoms with E-state index in [9.17, 15) is 4.79 Å². The van der Waals surface area contributed by atoms with Crippen LogP contribution in [0.3, 0.4) is 0 Å². The second-order valence-electron chi connectivity index (χ2n) is 4.23. The summed E-state index contributed by atoms with van der Waals surface area (Å²) in [7, 11) is 0. The standard InChI is InChI=1S/C11H19NO3/c1-2-15-11(13)7-12(9-3-4-9)10-5-6-14-8-10/h9-10H,2-8H2,1H3. The van der Waals surface area contributed by atoms with Crippen LogP contribution in [0.15, 0.2) is 0 Å². The maximum Gasteiger partial charge on any atom is 0.320 e. The minimum atomic E-state index is -0.101. The van der Waals surface area contributed by atoms with E-state index in [1.54, 1.807) is 0 Å². The van der Waals surface area contributed by atoms with Crippen molar-refractivity contribution in [1.82, 2.24) is 4.90 Å². The molecule has 0 aromatic heterocycles. The molecule has 1 aliphatic heterocycles. The Morgan fingerprint density at radius 3 is 2.73 bits per heavy atom. The summed E-state index contributed by atoms with van der Waals surface area (Å²) in [5.41, 5.74) is 0. The lowest BCUT2D eigenvalue weighted by atomic mass is 10.2. The summed E-state index contributed by atoms with van der Waals surface area (Å²) in [5.74, 6) is -0.101. The third kappa shape index (κ3) is 2.92. The Balaban J connectivity index is 1.85. The Morgan fingerprint density at radius 2 is 2.20 bits per heavy atom. The molecule has 1 saturated carbocycles. The molecule has 1 aliphatic carbocycles. The van der Waals surface area contributed by atoms with Crippen LogP contribution in [0.5, 0.6) is 0 Å². The van der Waals surface area contributed by atoms with Gasteiger partial charge in [-0.25, -0.2) is 0 Å². The quantitative estimate of drug-likeness (QED) is 0.633. The van der Waals surface area contributed by atoms with Gasteiger partial charge in [0.15, 0.2) is 0 Å². The maximum atomic E-state index is 11.4. The van der Waals surface area contributed by atoms with Crippen LogP contribution in [0.25, 0.3) is 0 Å². The Hall–Kier alpha value is -0.610. The summed E-state index contributed by atoms with van der Waals surface area (Å²) in [4.78, 5) is 13.7. The lowest BCUT2D eigenvalue weighted by Gasteiger charge is -2.26. The van der Waals surface area contributed by atoms with Crippen molar-refractivity contribution in [2.45, 2.75) is 38.3 Å². The van der Waals surface area contributed by atoms with Gasteiger partial charge in [0, 0.05) is 18.7 Å². The minimum Gasteiger partial charge on any atom is -0.465 e. The van der Waals surface area contributed by atoms with Crippen LogP contribution in [0.2, 0.25) is 0 Å². The average Bonchev–Trinajstić information content (AvgIpc) is 2.90. The van der Waals surface area contributed by atoms with E-state index in [1.807, 2.05) is 6.92 Å². The Morgan fingerprint density at radius 1 is 1.40 bits per heavy atom. The first-order valence-electron chi connectivity index (χ1n) is 5.80. The van der Waals surface area contributed by atoms with Gasteiger partial charge in [-0.3, -0.25) is 9.69 Å². The van der Waals surface area contributed by atoms with Crippen molar-refractivity contribution in [3.05, 3.63) is 0 Å². The molecule has 0 aromatic carbocycles. The molecule has 15 heavy (non-hydrogen) atoms. The molecule has 0 amide bonds. The summed E-state index contributed by atoms with van der Waals surface area (Å²) in [6.45, 7) is 4.36. The van der Waals surface area contributed by atoms with Crippen molar-refractivity contribution in [2.75, 3.05) is 26.4 Å². The number of carbonyl (C=O) groups excluding carboxylic acids is 1. The van der Waals surface area contributed by atoms with Gasteiger partial charge in [0.1, 0.15) is 0 Å². The molecule has 2 fully saturated rings. The summed E-state index contributed by atoms with van der Waals surface area (Å²) < 4.78 is 10.4. The normalized spacial score (nSPS) is 25.9. The van der Waals surface area contributed by atoms with Crippen molar-refractivity contribution >= 4 is 5.97 Å². The summed E-state index contributed by atoms with van der Waals surface area (Å²) in [6, 6.07) is 1.03. The van der Waals surface area contributed by atoms with Gasteiger partial charge in [0.25, 0.3) is 0 Å². The van der Waals surface area contributed by atoms with Crippen LogP contribution in [0.1, 0.15) is 26.2 Å². The molecule has 0 N–H and O–H groups in total. The van der Waals surface area contributed by atoms with E-state index in [0.717, 1.165) is 19.6 Å². The van der Waals surface area contributed by atoms with E-state index in [2.05, 4.69) is 4.90 Å². The Labute approximate surface area is 90.5 Å². The zero-order valence-corrected chi connectivity index (χ0v) is 9.28. The predicted octanol–water partition coefficient (Wildman–Crippen LogP) is 0.803. The van der Waals surface area contributed by atoms with Crippen LogP contribution in [-0.2, 0) is 14.3 Å². The highest BCUT2D eigenvalue weighted by Crippen LogP contribution is 2.30. The summed E-state index contributed by atoms with van der Waals surface area (Å²) >= 11 is 0. The maximum absolute atomic E-state index is 11.4. The summed E-state index contributed by atoms with van der Waals surface area (Å²) in [6.07, 6.45) is 3.49. The van der Waals surface area contributed by atoms with Crippen LogP contribution in [0.4, 0.5) is 0 Å². The number of rotatable bonds is 5. The molecule has 0 bridgehead atoms. The van der Waals surface area contributed by atoms with Crippen molar-refractivity contribution in [1.29, 1.82) is 0 Å². The number of esters is 1. The van der Waals surface area contributed by atoms with Crippen LogP contribution in [-0.4, -0.2) is 49.3 Å². The number of hydrogen-bond donors (Lipinski definition) is 0. The van der Waals surface area contributed by atoms with Crippen molar-refractivity contribution < 1.29 is 14.3 Å². The fraction of sp³-hybridized carbons (Fsp3) is 0.909. The van der Waals surface area contributed by atoms with Crippen LogP contribution >= 0.6 is 0 Å². The van der Waals surface area contributed by atoms with Gasteiger partial charge in [0.2, 0.25) is 0 Å². The molecule has 2 aliphatic rings. The first-order chi connectivity index (χ1) is 7.31.